The number of hydrogen-bond acceptors (Lipinski definition) is 5. The van der Waals surface area contributed by atoms with Crippen molar-refractivity contribution < 1.29 is 48.1 Å². The molecule has 66 valence electrons. The van der Waals surface area contributed by atoms with Crippen LogP contribution in [0.15, 0.2) is 0 Å². The summed E-state index contributed by atoms with van der Waals surface area (Å²) in [4.78, 5) is 8.36. The van der Waals surface area contributed by atoms with Crippen molar-refractivity contribution in [3.63, 3.8) is 0 Å². The zero-order chi connectivity index (χ0) is 8.08. The van der Waals surface area contributed by atoms with E-state index < -0.39 is 15.5 Å². The van der Waals surface area contributed by atoms with Crippen molar-refractivity contribution in [1.29, 1.82) is 0 Å². The molecule has 0 unspecified atom stereocenters. The molecule has 0 atom stereocenters. The minimum atomic E-state index is -4.67. The van der Waals surface area contributed by atoms with Gasteiger partial charge in [0.1, 0.15) is 0 Å². The van der Waals surface area contributed by atoms with Crippen molar-refractivity contribution >= 4 is 10.4 Å². The van der Waals surface area contributed by atoms with E-state index in [1.54, 1.807) is 0 Å². The number of hydrogen-bond donors (Lipinski definition) is 4. The van der Waals surface area contributed by atoms with Crippen LogP contribution < -0.4 is 25.0 Å². The Bertz CT molecular complexity index is 164. The maximum absolute atomic E-state index is 8.74. The summed E-state index contributed by atoms with van der Waals surface area (Å²) in [6, 6.07) is 0. The summed E-state index contributed by atoms with van der Waals surface area (Å²) in [5.41, 5.74) is 0. The first kappa shape index (κ1) is 22.4. The van der Waals surface area contributed by atoms with Gasteiger partial charge in [0.2, 0.25) is 0 Å². The molecule has 0 amide bonds. The molecule has 0 bridgehead atoms. The van der Waals surface area contributed by atoms with Crippen LogP contribution in [0.4, 0.5) is 0 Å². The van der Waals surface area contributed by atoms with Gasteiger partial charge in [-0.05, 0) is 0 Å². The Morgan fingerprint density at radius 1 is 1.36 bits per heavy atom. The van der Waals surface area contributed by atoms with Crippen molar-refractivity contribution in [3.8, 4) is 0 Å². The van der Waals surface area contributed by atoms with Crippen LogP contribution in [-0.4, -0.2) is 27.8 Å². The molecule has 0 aromatic rings. The van der Waals surface area contributed by atoms with Gasteiger partial charge in [-0.25, -0.2) is 0 Å². The van der Waals surface area contributed by atoms with E-state index in [0.29, 0.717) is 0 Å². The van der Waals surface area contributed by atoms with Gasteiger partial charge in [-0.15, -0.1) is 10.1 Å². The molecule has 6 N–H and O–H groups in total. The number of nitrogens with zero attached hydrogens (tertiary/aromatic N) is 1. The SMILES string of the molecule is N.O=S(=O)(O)O.O=[N+]([O-])O.[H-].[Li+]. The standard InChI is InChI=1S/Li.HNO3.H3N.H2O4S.H/c;2-1(3)4;;1-5(2,3)4;/h;(H,2,3,4);1H3;(H2,1,2,3,4);/q+1;;;;-1. The minimum absolute atomic E-state index is 0. The fraction of sp³-hybridized carbons (Fsp3) is 0. The van der Waals surface area contributed by atoms with Crippen LogP contribution in [0.3, 0.4) is 0 Å². The molecular formula is H7LiN2O7S. The van der Waals surface area contributed by atoms with Crippen LogP contribution in [-0.2, 0) is 10.4 Å². The Hall–Kier alpha value is -0.373. The van der Waals surface area contributed by atoms with Crippen molar-refractivity contribution in [2.45, 2.75) is 0 Å². The summed E-state index contributed by atoms with van der Waals surface area (Å²) < 4.78 is 31.6. The molecule has 0 aliphatic carbocycles. The van der Waals surface area contributed by atoms with Crippen LogP contribution in [0.2, 0.25) is 0 Å². The van der Waals surface area contributed by atoms with Gasteiger partial charge in [0.25, 0.3) is 5.09 Å². The van der Waals surface area contributed by atoms with Gasteiger partial charge >= 0.3 is 29.3 Å². The fourth-order valence-corrected chi connectivity index (χ4v) is 0. The first-order valence-electron chi connectivity index (χ1n) is 1.26. The van der Waals surface area contributed by atoms with Crippen molar-refractivity contribution in [2.24, 2.45) is 0 Å². The normalized spacial score (nSPS) is 7.45. The van der Waals surface area contributed by atoms with Gasteiger partial charge in [0.15, 0.2) is 0 Å². The quantitative estimate of drug-likeness (QED) is 0.129. The van der Waals surface area contributed by atoms with Gasteiger partial charge in [-0.1, -0.05) is 0 Å². The van der Waals surface area contributed by atoms with Gasteiger partial charge in [-0.2, -0.15) is 8.42 Å². The third-order valence-electron chi connectivity index (χ3n) is 0. The van der Waals surface area contributed by atoms with Gasteiger partial charge in [-0.3, -0.25) is 9.11 Å². The van der Waals surface area contributed by atoms with E-state index in [-0.39, 0.29) is 26.4 Å². The Morgan fingerprint density at radius 2 is 1.36 bits per heavy atom. The summed E-state index contributed by atoms with van der Waals surface area (Å²) in [5, 5.41) is 13.6. The zero-order valence-electron chi connectivity index (χ0n) is 6.54. The average Bonchev–Trinajstić information content (AvgIpc) is 1.19. The molecule has 0 aliphatic heterocycles. The van der Waals surface area contributed by atoms with Crippen LogP contribution in [0, 0.1) is 10.1 Å². The van der Waals surface area contributed by atoms with E-state index in [9.17, 15) is 0 Å². The molecule has 11 heavy (non-hydrogen) atoms. The minimum Gasteiger partial charge on any atom is -1.00 e. The second-order valence-corrected chi connectivity index (χ2v) is 1.58. The van der Waals surface area contributed by atoms with E-state index in [1.807, 2.05) is 0 Å². The Labute approximate surface area is 75.3 Å². The van der Waals surface area contributed by atoms with Gasteiger partial charge < -0.3 is 12.8 Å². The van der Waals surface area contributed by atoms with Crippen molar-refractivity contribution in [1.82, 2.24) is 6.15 Å². The van der Waals surface area contributed by atoms with E-state index in [1.165, 1.54) is 0 Å². The van der Waals surface area contributed by atoms with E-state index in [0.717, 1.165) is 0 Å². The maximum Gasteiger partial charge on any atom is 1.00 e. The first-order valence-corrected chi connectivity index (χ1v) is 2.66. The second-order valence-electron chi connectivity index (χ2n) is 0.686. The third kappa shape index (κ3) is 4030. The molecule has 0 aromatic heterocycles. The van der Waals surface area contributed by atoms with E-state index in [4.69, 9.17) is 32.8 Å². The zero-order valence-corrected chi connectivity index (χ0v) is 6.35. The summed E-state index contributed by atoms with van der Waals surface area (Å²) in [7, 11) is -4.67. The first-order chi connectivity index (χ1) is 3.73. The van der Waals surface area contributed by atoms with E-state index in [2.05, 4.69) is 0 Å². The summed E-state index contributed by atoms with van der Waals surface area (Å²) in [6.45, 7) is 0. The molecule has 9 nitrogen and oxygen atoms in total. The molecule has 11 heteroatoms. The molecule has 0 saturated heterocycles. The van der Waals surface area contributed by atoms with Gasteiger partial charge in [0.05, 0.1) is 0 Å². The predicted molar refractivity (Wildman–Crippen MR) is 29.1 cm³/mol. The summed E-state index contributed by atoms with van der Waals surface area (Å²) in [5.74, 6) is 0. The molecule has 0 radical (unpaired) electrons. The Morgan fingerprint density at radius 3 is 1.36 bits per heavy atom. The largest absolute Gasteiger partial charge is 1.00 e. The summed E-state index contributed by atoms with van der Waals surface area (Å²) >= 11 is 0. The molecule has 0 saturated carbocycles. The molecule has 0 aliphatic rings. The van der Waals surface area contributed by atoms with Crippen LogP contribution in [0.5, 0.6) is 0 Å². The molecule has 0 spiro atoms. The van der Waals surface area contributed by atoms with Gasteiger partial charge in [0, 0.05) is 0 Å². The molecule has 0 heterocycles. The van der Waals surface area contributed by atoms with Crippen molar-refractivity contribution in [3.05, 3.63) is 10.1 Å². The summed E-state index contributed by atoms with van der Waals surface area (Å²) in [6.07, 6.45) is 0. The Balaban J connectivity index is -0.0000000221. The second kappa shape index (κ2) is 9.63. The smallest absolute Gasteiger partial charge is 1.00 e. The van der Waals surface area contributed by atoms with Crippen molar-refractivity contribution in [2.75, 3.05) is 0 Å². The molecule has 0 rings (SSSR count). The molecular weight excluding hydrogens is 179 g/mol. The fourth-order valence-electron chi connectivity index (χ4n) is 0. The monoisotopic (exact) mass is 186 g/mol. The Kier molecular flexibility index (Phi) is 19.6. The third-order valence-corrected chi connectivity index (χ3v) is 0. The molecule has 0 fully saturated rings. The van der Waals surface area contributed by atoms with E-state index >= 15 is 0 Å². The van der Waals surface area contributed by atoms with Crippen LogP contribution >= 0.6 is 0 Å². The number of rotatable bonds is 0. The van der Waals surface area contributed by atoms with Crippen LogP contribution in [0.1, 0.15) is 1.43 Å². The predicted octanol–water partition coefficient (Wildman–Crippen LogP) is -3.72. The topological polar surface area (TPSA) is 173 Å². The molecule has 0 aromatic carbocycles. The van der Waals surface area contributed by atoms with Crippen LogP contribution in [0.25, 0.3) is 0 Å². The average molecular weight is 186 g/mol. The maximum atomic E-state index is 8.74.